The number of benzene rings is 2. The van der Waals surface area contributed by atoms with Gasteiger partial charge in [-0.3, -0.25) is 4.79 Å². The highest BCUT2D eigenvalue weighted by Gasteiger charge is 2.10. The number of nitrogens with one attached hydrogen (secondary N) is 1. The molecule has 0 unspecified atom stereocenters. The molecule has 1 N–H and O–H groups in total. The van der Waals surface area contributed by atoms with Crippen LogP contribution in [0.25, 0.3) is 0 Å². The van der Waals surface area contributed by atoms with Crippen LogP contribution in [-0.4, -0.2) is 17.5 Å². The molecule has 0 atom stereocenters. The Kier molecular flexibility index (Phi) is 5.80. The van der Waals surface area contributed by atoms with Crippen LogP contribution in [0.15, 0.2) is 60.7 Å². The van der Waals surface area contributed by atoms with Gasteiger partial charge in [-0.1, -0.05) is 48.5 Å². The van der Waals surface area contributed by atoms with E-state index in [1.54, 1.807) is 11.3 Å². The minimum absolute atomic E-state index is 0.00520. The van der Waals surface area contributed by atoms with E-state index in [1.165, 1.54) is 10.4 Å². The second-order valence-corrected chi connectivity index (χ2v) is 6.83. The van der Waals surface area contributed by atoms with Crippen molar-refractivity contribution in [2.75, 3.05) is 6.61 Å². The highest BCUT2D eigenvalue weighted by atomic mass is 32.1. The molecule has 2 aromatic carbocycles. The van der Waals surface area contributed by atoms with Gasteiger partial charge in [-0.15, -0.1) is 11.3 Å². The molecule has 0 bridgehead atoms. The molecule has 1 aromatic heterocycles. The maximum Gasteiger partial charge on any atom is 0.258 e. The van der Waals surface area contributed by atoms with Gasteiger partial charge >= 0.3 is 0 Å². The average molecular weight is 352 g/mol. The summed E-state index contributed by atoms with van der Waals surface area (Å²) in [6.45, 7) is 2.45. The van der Waals surface area contributed by atoms with Crippen LogP contribution in [0, 0.1) is 6.92 Å². The Morgan fingerprint density at radius 2 is 1.76 bits per heavy atom. The summed E-state index contributed by atoms with van der Waals surface area (Å²) in [5.74, 6) is 0.536. The normalized spacial score (nSPS) is 10.4. The van der Waals surface area contributed by atoms with Gasteiger partial charge in [0.25, 0.3) is 5.91 Å². The Morgan fingerprint density at radius 1 is 1.08 bits per heavy atom. The number of aryl methyl sites for hydroxylation is 1. The number of amides is 1. The monoisotopic (exact) mass is 352 g/mol. The smallest absolute Gasteiger partial charge is 0.258 e. The van der Waals surface area contributed by atoms with Gasteiger partial charge in [0.05, 0.1) is 12.2 Å². The summed E-state index contributed by atoms with van der Waals surface area (Å²) in [6.07, 6.45) is 0.870. The number of carbonyl (C=O) groups excluding carboxylic acids is 1. The molecule has 1 amide bonds. The molecule has 5 heteroatoms. The van der Waals surface area contributed by atoms with E-state index in [1.807, 2.05) is 55.5 Å². The van der Waals surface area contributed by atoms with Crippen molar-refractivity contribution in [1.82, 2.24) is 10.3 Å². The summed E-state index contributed by atoms with van der Waals surface area (Å²) < 4.78 is 5.44. The van der Waals surface area contributed by atoms with Crippen LogP contribution < -0.4 is 10.1 Å². The van der Waals surface area contributed by atoms with Gasteiger partial charge in [-0.05, 0) is 24.6 Å². The van der Waals surface area contributed by atoms with Gasteiger partial charge in [0.15, 0.2) is 6.61 Å². The third-order valence-corrected chi connectivity index (χ3v) is 4.85. The fraction of sp³-hybridized carbons (Fsp3) is 0.200. The highest BCUT2D eigenvalue weighted by molar-refractivity contribution is 7.11. The first-order valence-corrected chi connectivity index (χ1v) is 8.96. The molecule has 0 radical (unpaired) electrons. The molecule has 3 aromatic rings. The van der Waals surface area contributed by atoms with Gasteiger partial charge in [-0.25, -0.2) is 4.98 Å². The van der Waals surface area contributed by atoms with Crippen molar-refractivity contribution in [3.8, 4) is 5.75 Å². The summed E-state index contributed by atoms with van der Waals surface area (Å²) in [4.78, 5) is 17.7. The SMILES string of the molecule is Cc1nc(CNC(=O)COc2ccccc2)sc1Cc1ccccc1. The maximum absolute atomic E-state index is 11.9. The van der Waals surface area contributed by atoms with Gasteiger partial charge in [0.1, 0.15) is 10.8 Å². The van der Waals surface area contributed by atoms with Crippen LogP contribution in [0.3, 0.4) is 0 Å². The fourth-order valence-corrected chi connectivity index (χ4v) is 3.44. The van der Waals surface area contributed by atoms with E-state index in [4.69, 9.17) is 4.74 Å². The van der Waals surface area contributed by atoms with Crippen LogP contribution in [0.1, 0.15) is 21.1 Å². The molecule has 3 rings (SSSR count). The summed E-state index contributed by atoms with van der Waals surface area (Å²) >= 11 is 1.64. The van der Waals surface area contributed by atoms with E-state index in [0.717, 1.165) is 17.1 Å². The standard InChI is InChI=1S/C20H20N2O2S/c1-15-18(12-16-8-4-2-5-9-16)25-20(22-15)13-21-19(23)14-24-17-10-6-3-7-11-17/h2-11H,12-14H2,1H3,(H,21,23). The molecular formula is C20H20N2O2S. The van der Waals surface area contributed by atoms with Crippen LogP contribution in [0.5, 0.6) is 5.75 Å². The van der Waals surface area contributed by atoms with Crippen molar-refractivity contribution in [1.29, 1.82) is 0 Å². The number of thiazole rings is 1. The number of nitrogens with zero attached hydrogens (tertiary/aromatic N) is 1. The number of aromatic nitrogens is 1. The third kappa shape index (κ3) is 5.16. The Morgan fingerprint density at radius 3 is 2.48 bits per heavy atom. The first-order chi connectivity index (χ1) is 12.2. The molecule has 0 aliphatic heterocycles. The highest BCUT2D eigenvalue weighted by Crippen LogP contribution is 2.21. The predicted molar refractivity (Wildman–Crippen MR) is 99.9 cm³/mol. The van der Waals surface area contributed by atoms with Crippen LogP contribution in [0.4, 0.5) is 0 Å². The molecule has 128 valence electrons. The van der Waals surface area contributed by atoms with Crippen LogP contribution in [-0.2, 0) is 17.8 Å². The van der Waals surface area contributed by atoms with E-state index in [9.17, 15) is 4.79 Å². The fourth-order valence-electron chi connectivity index (χ4n) is 2.40. The Balaban J connectivity index is 1.50. The van der Waals surface area contributed by atoms with Crippen molar-refractivity contribution in [3.05, 3.63) is 81.8 Å². The lowest BCUT2D eigenvalue weighted by atomic mass is 10.1. The van der Waals surface area contributed by atoms with E-state index < -0.39 is 0 Å². The zero-order valence-electron chi connectivity index (χ0n) is 14.1. The van der Waals surface area contributed by atoms with E-state index in [-0.39, 0.29) is 12.5 Å². The summed E-state index contributed by atoms with van der Waals surface area (Å²) in [5.41, 5.74) is 2.29. The predicted octanol–water partition coefficient (Wildman–Crippen LogP) is 3.74. The zero-order chi connectivity index (χ0) is 17.5. The van der Waals surface area contributed by atoms with Gasteiger partial charge < -0.3 is 10.1 Å². The first kappa shape index (κ1) is 17.2. The molecule has 0 spiro atoms. The number of ether oxygens (including phenoxy) is 1. The topological polar surface area (TPSA) is 51.2 Å². The molecule has 0 aliphatic rings. The van der Waals surface area contributed by atoms with E-state index >= 15 is 0 Å². The molecule has 1 heterocycles. The van der Waals surface area contributed by atoms with Crippen LogP contribution >= 0.6 is 11.3 Å². The second kappa shape index (κ2) is 8.44. The van der Waals surface area contributed by atoms with E-state index in [2.05, 4.69) is 22.4 Å². The molecule has 0 saturated heterocycles. The van der Waals surface area contributed by atoms with Crippen molar-refractivity contribution >= 4 is 17.2 Å². The van der Waals surface area contributed by atoms with Gasteiger partial charge in [0.2, 0.25) is 0 Å². The van der Waals surface area contributed by atoms with Gasteiger partial charge in [0, 0.05) is 11.3 Å². The largest absolute Gasteiger partial charge is 0.484 e. The van der Waals surface area contributed by atoms with Crippen molar-refractivity contribution in [2.24, 2.45) is 0 Å². The number of hydrogen-bond acceptors (Lipinski definition) is 4. The van der Waals surface area contributed by atoms with Gasteiger partial charge in [-0.2, -0.15) is 0 Å². The quantitative estimate of drug-likeness (QED) is 0.705. The van der Waals surface area contributed by atoms with E-state index in [0.29, 0.717) is 12.3 Å². The number of rotatable bonds is 7. The van der Waals surface area contributed by atoms with Crippen molar-refractivity contribution in [2.45, 2.75) is 19.9 Å². The Labute approximate surface area is 151 Å². The van der Waals surface area contributed by atoms with Crippen molar-refractivity contribution < 1.29 is 9.53 Å². The van der Waals surface area contributed by atoms with Crippen molar-refractivity contribution in [3.63, 3.8) is 0 Å². The Hall–Kier alpha value is -2.66. The number of hydrogen-bond donors (Lipinski definition) is 1. The first-order valence-electron chi connectivity index (χ1n) is 8.14. The average Bonchev–Trinajstić information content (AvgIpc) is 2.99. The molecular weight excluding hydrogens is 332 g/mol. The lowest BCUT2D eigenvalue weighted by Gasteiger charge is -2.06. The third-order valence-electron chi connectivity index (χ3n) is 3.69. The summed E-state index contributed by atoms with van der Waals surface area (Å²) in [5, 5.41) is 3.77. The Bertz CT molecular complexity index is 816. The molecule has 0 aliphatic carbocycles. The minimum atomic E-state index is -0.152. The van der Waals surface area contributed by atoms with Crippen LogP contribution in [0.2, 0.25) is 0 Å². The lowest BCUT2D eigenvalue weighted by Crippen LogP contribution is -2.28. The second-order valence-electron chi connectivity index (χ2n) is 5.66. The zero-order valence-corrected chi connectivity index (χ0v) is 14.9. The summed E-state index contributed by atoms with van der Waals surface area (Å²) in [7, 11) is 0. The number of carbonyl (C=O) groups is 1. The molecule has 25 heavy (non-hydrogen) atoms. The minimum Gasteiger partial charge on any atom is -0.484 e. The molecule has 0 fully saturated rings. The lowest BCUT2D eigenvalue weighted by molar-refractivity contribution is -0.123. The molecule has 0 saturated carbocycles. The summed E-state index contributed by atoms with van der Waals surface area (Å²) in [6, 6.07) is 19.6. The molecule has 4 nitrogen and oxygen atoms in total. The maximum atomic E-state index is 11.9. The number of para-hydroxylation sites is 1.